The highest BCUT2D eigenvalue weighted by atomic mass is 19.4. The molecule has 0 saturated carbocycles. The Morgan fingerprint density at radius 3 is 2.45 bits per heavy atom. The van der Waals surface area contributed by atoms with Crippen molar-refractivity contribution < 1.29 is 18.0 Å². The van der Waals surface area contributed by atoms with E-state index in [0.717, 1.165) is 12.1 Å². The first-order chi connectivity index (χ1) is 9.11. The summed E-state index contributed by atoms with van der Waals surface area (Å²) in [4.78, 5) is 11.8. The van der Waals surface area contributed by atoms with E-state index in [1.54, 1.807) is 6.92 Å². The number of rotatable bonds is 4. The standard InChI is InChI=1S/C14H19F3N2O/c1-8(2)11(18)7-13(20)19-12-6-10(14(15,16)17)5-4-9(12)3/h4-6,8,11H,7,18H2,1-3H3,(H,19,20). The zero-order chi connectivity index (χ0) is 15.5. The number of benzene rings is 1. The maximum absolute atomic E-state index is 12.6. The van der Waals surface area contributed by atoms with Crippen LogP contribution in [-0.4, -0.2) is 11.9 Å². The van der Waals surface area contributed by atoms with Gasteiger partial charge in [-0.15, -0.1) is 0 Å². The van der Waals surface area contributed by atoms with Crippen molar-refractivity contribution in [2.75, 3.05) is 5.32 Å². The molecule has 1 aromatic rings. The summed E-state index contributed by atoms with van der Waals surface area (Å²) >= 11 is 0. The maximum atomic E-state index is 12.6. The molecule has 0 aromatic heterocycles. The van der Waals surface area contributed by atoms with E-state index in [1.165, 1.54) is 6.07 Å². The Morgan fingerprint density at radius 1 is 1.35 bits per heavy atom. The Kier molecular flexibility index (Phi) is 5.16. The summed E-state index contributed by atoms with van der Waals surface area (Å²) < 4.78 is 37.9. The Hall–Kier alpha value is -1.56. The first-order valence-electron chi connectivity index (χ1n) is 6.34. The Balaban J connectivity index is 2.84. The van der Waals surface area contributed by atoms with Gasteiger partial charge in [0.05, 0.1) is 5.56 Å². The van der Waals surface area contributed by atoms with Gasteiger partial charge in [-0.3, -0.25) is 4.79 Å². The second kappa shape index (κ2) is 6.26. The molecule has 0 radical (unpaired) electrons. The molecule has 1 rings (SSSR count). The SMILES string of the molecule is Cc1ccc(C(F)(F)F)cc1NC(=O)CC(N)C(C)C. The summed E-state index contributed by atoms with van der Waals surface area (Å²) in [5, 5.41) is 2.49. The molecule has 0 aliphatic heterocycles. The topological polar surface area (TPSA) is 55.1 Å². The van der Waals surface area contributed by atoms with Crippen LogP contribution in [0.2, 0.25) is 0 Å². The average molecular weight is 288 g/mol. The average Bonchev–Trinajstić information content (AvgIpc) is 2.30. The second-order valence-corrected chi connectivity index (χ2v) is 5.19. The third-order valence-electron chi connectivity index (χ3n) is 3.12. The van der Waals surface area contributed by atoms with Gasteiger partial charge in [0.15, 0.2) is 0 Å². The van der Waals surface area contributed by atoms with Gasteiger partial charge in [-0.2, -0.15) is 13.2 Å². The van der Waals surface area contributed by atoms with Crippen LogP contribution in [0.3, 0.4) is 0 Å². The first kappa shape index (κ1) is 16.5. The number of alkyl halides is 3. The number of anilines is 1. The molecular weight excluding hydrogens is 269 g/mol. The van der Waals surface area contributed by atoms with Gasteiger partial charge in [0.1, 0.15) is 0 Å². The lowest BCUT2D eigenvalue weighted by Crippen LogP contribution is -2.31. The number of carbonyl (C=O) groups excluding carboxylic acids is 1. The molecule has 0 spiro atoms. The van der Waals surface area contributed by atoms with E-state index in [0.29, 0.717) is 5.56 Å². The van der Waals surface area contributed by atoms with E-state index in [-0.39, 0.29) is 30.0 Å². The fourth-order valence-corrected chi connectivity index (χ4v) is 1.58. The Labute approximate surface area is 116 Å². The minimum Gasteiger partial charge on any atom is -0.327 e. The van der Waals surface area contributed by atoms with Crippen molar-refractivity contribution in [3.8, 4) is 0 Å². The first-order valence-corrected chi connectivity index (χ1v) is 6.34. The molecule has 1 aromatic carbocycles. The lowest BCUT2D eigenvalue weighted by molar-refractivity contribution is -0.137. The molecule has 20 heavy (non-hydrogen) atoms. The molecule has 1 amide bonds. The number of halogens is 3. The number of amides is 1. The van der Waals surface area contributed by atoms with E-state index < -0.39 is 11.7 Å². The van der Waals surface area contributed by atoms with Crippen molar-refractivity contribution in [2.45, 2.75) is 39.4 Å². The van der Waals surface area contributed by atoms with Gasteiger partial charge in [0.2, 0.25) is 5.91 Å². The number of aryl methyl sites for hydroxylation is 1. The number of hydrogen-bond acceptors (Lipinski definition) is 2. The normalized spacial score (nSPS) is 13.4. The van der Waals surface area contributed by atoms with Gasteiger partial charge in [0.25, 0.3) is 0 Å². The summed E-state index contributed by atoms with van der Waals surface area (Å²) in [5.74, 6) is -0.253. The molecule has 3 nitrogen and oxygen atoms in total. The summed E-state index contributed by atoms with van der Waals surface area (Å²) in [5.41, 5.74) is 5.72. The number of nitrogens with two attached hydrogens (primary N) is 1. The quantitative estimate of drug-likeness (QED) is 0.893. The molecule has 0 saturated heterocycles. The number of hydrogen-bond donors (Lipinski definition) is 2. The minimum absolute atomic E-state index is 0.0767. The van der Waals surface area contributed by atoms with Crippen LogP contribution in [0.5, 0.6) is 0 Å². The van der Waals surface area contributed by atoms with Crippen LogP contribution >= 0.6 is 0 Å². The Bertz CT molecular complexity index is 484. The maximum Gasteiger partial charge on any atom is 0.416 e. The van der Waals surface area contributed by atoms with Crippen molar-refractivity contribution in [3.05, 3.63) is 29.3 Å². The van der Waals surface area contributed by atoms with Crippen LogP contribution in [0.15, 0.2) is 18.2 Å². The lowest BCUT2D eigenvalue weighted by atomic mass is 10.0. The molecular formula is C14H19F3N2O. The number of nitrogens with one attached hydrogen (secondary N) is 1. The predicted molar refractivity (Wildman–Crippen MR) is 72.2 cm³/mol. The summed E-state index contributed by atoms with van der Waals surface area (Å²) in [6.45, 7) is 5.40. The summed E-state index contributed by atoms with van der Waals surface area (Å²) in [6.07, 6.45) is -4.35. The van der Waals surface area contributed by atoms with Crippen LogP contribution in [0, 0.1) is 12.8 Å². The van der Waals surface area contributed by atoms with Gasteiger partial charge < -0.3 is 11.1 Å². The summed E-state index contributed by atoms with van der Waals surface area (Å²) in [7, 11) is 0. The molecule has 1 unspecified atom stereocenters. The van der Waals surface area contributed by atoms with E-state index in [2.05, 4.69) is 5.32 Å². The minimum atomic E-state index is -4.43. The molecule has 0 aliphatic carbocycles. The van der Waals surface area contributed by atoms with Crippen molar-refractivity contribution in [3.63, 3.8) is 0 Å². The van der Waals surface area contributed by atoms with Gasteiger partial charge in [-0.25, -0.2) is 0 Å². The zero-order valence-corrected chi connectivity index (χ0v) is 11.7. The lowest BCUT2D eigenvalue weighted by Gasteiger charge is -2.16. The van der Waals surface area contributed by atoms with E-state index in [4.69, 9.17) is 5.73 Å². The van der Waals surface area contributed by atoms with Crippen LogP contribution in [0.25, 0.3) is 0 Å². The monoisotopic (exact) mass is 288 g/mol. The van der Waals surface area contributed by atoms with Gasteiger partial charge >= 0.3 is 6.18 Å². The predicted octanol–water partition coefficient (Wildman–Crippen LogP) is 3.33. The Morgan fingerprint density at radius 2 is 1.95 bits per heavy atom. The van der Waals surface area contributed by atoms with E-state index in [1.807, 2.05) is 13.8 Å². The third-order valence-corrected chi connectivity index (χ3v) is 3.12. The largest absolute Gasteiger partial charge is 0.416 e. The molecule has 3 N–H and O–H groups in total. The van der Waals surface area contributed by atoms with Crippen LogP contribution in [0.4, 0.5) is 18.9 Å². The van der Waals surface area contributed by atoms with Crippen molar-refractivity contribution in [1.29, 1.82) is 0 Å². The third kappa shape index (κ3) is 4.52. The molecule has 6 heteroatoms. The van der Waals surface area contributed by atoms with Crippen LogP contribution < -0.4 is 11.1 Å². The molecule has 0 aliphatic rings. The fraction of sp³-hybridized carbons (Fsp3) is 0.500. The van der Waals surface area contributed by atoms with Gasteiger partial charge in [-0.05, 0) is 30.5 Å². The smallest absolute Gasteiger partial charge is 0.327 e. The van der Waals surface area contributed by atoms with Crippen LogP contribution in [0.1, 0.15) is 31.4 Å². The highest BCUT2D eigenvalue weighted by Crippen LogP contribution is 2.32. The highest BCUT2D eigenvalue weighted by molar-refractivity contribution is 5.92. The van der Waals surface area contributed by atoms with Crippen molar-refractivity contribution >= 4 is 11.6 Å². The summed E-state index contributed by atoms with van der Waals surface area (Å²) in [6, 6.07) is 2.95. The second-order valence-electron chi connectivity index (χ2n) is 5.19. The van der Waals surface area contributed by atoms with Crippen molar-refractivity contribution in [2.24, 2.45) is 11.7 Å². The molecule has 1 atom stereocenters. The highest BCUT2D eigenvalue weighted by Gasteiger charge is 2.31. The fourth-order valence-electron chi connectivity index (χ4n) is 1.58. The van der Waals surface area contributed by atoms with E-state index in [9.17, 15) is 18.0 Å². The molecule has 0 bridgehead atoms. The zero-order valence-electron chi connectivity index (χ0n) is 11.7. The van der Waals surface area contributed by atoms with Gasteiger partial charge in [0, 0.05) is 18.2 Å². The molecule has 0 heterocycles. The molecule has 0 fully saturated rings. The number of carbonyl (C=O) groups is 1. The van der Waals surface area contributed by atoms with E-state index >= 15 is 0 Å². The van der Waals surface area contributed by atoms with Gasteiger partial charge in [-0.1, -0.05) is 19.9 Å². The van der Waals surface area contributed by atoms with Crippen LogP contribution in [-0.2, 0) is 11.0 Å². The molecule has 112 valence electrons. The van der Waals surface area contributed by atoms with Crippen molar-refractivity contribution in [1.82, 2.24) is 0 Å².